The zero-order valence-electron chi connectivity index (χ0n) is 16.4. The van der Waals surface area contributed by atoms with Crippen LogP contribution in [0.4, 0.5) is 22.0 Å². The number of hydrogen-bond acceptors (Lipinski definition) is 8. The minimum Gasteiger partial charge on any atom is -0.382 e. The molecule has 4 rings (SSSR count). The van der Waals surface area contributed by atoms with Gasteiger partial charge in [0, 0.05) is 0 Å². The van der Waals surface area contributed by atoms with Gasteiger partial charge in [0.25, 0.3) is 5.56 Å². The van der Waals surface area contributed by atoms with E-state index in [-0.39, 0.29) is 39.9 Å². The molecule has 0 saturated carbocycles. The normalized spacial score (nSPS) is 11.8. The summed E-state index contributed by atoms with van der Waals surface area (Å²) in [6.45, 7) is 1.70. The van der Waals surface area contributed by atoms with Gasteiger partial charge >= 0.3 is 0 Å². The van der Waals surface area contributed by atoms with Gasteiger partial charge in [-0.15, -0.1) is 0 Å². The molecule has 0 aliphatic rings. The number of rotatable bonds is 4. The number of nitrogen functional groups attached to an aromatic ring is 2. The molecule has 0 aliphatic carbocycles. The molecule has 10 heteroatoms. The lowest BCUT2D eigenvalue weighted by Gasteiger charge is -2.21. The van der Waals surface area contributed by atoms with E-state index < -0.39 is 17.4 Å². The topological polar surface area (TPSA) is 149 Å². The summed E-state index contributed by atoms with van der Waals surface area (Å²) in [5, 5.41) is 12.6. The number of fused-ring (bicyclic) bond motifs is 1. The molecule has 2 aromatic carbocycles. The number of anilines is 3. The number of hydrogen-bond donors (Lipinski definition) is 3. The summed E-state index contributed by atoms with van der Waals surface area (Å²) in [6.07, 6.45) is 0. The largest absolute Gasteiger partial charge is 0.382 e. The Hall–Kier alpha value is -4.52. The Balaban J connectivity index is 1.94. The molecule has 4 aromatic rings. The van der Waals surface area contributed by atoms with Gasteiger partial charge in [0.05, 0.1) is 17.1 Å². The highest BCUT2D eigenvalue weighted by atomic mass is 19.1. The molecule has 31 heavy (non-hydrogen) atoms. The van der Waals surface area contributed by atoms with Gasteiger partial charge in [0.15, 0.2) is 5.82 Å². The van der Waals surface area contributed by atoms with Crippen LogP contribution in [0.1, 0.15) is 24.4 Å². The molecule has 0 radical (unpaired) electrons. The summed E-state index contributed by atoms with van der Waals surface area (Å²) in [5.74, 6) is -0.515. The molecular formula is C21H17FN8O. The van der Waals surface area contributed by atoms with Gasteiger partial charge in [0.2, 0.25) is 5.95 Å². The first-order chi connectivity index (χ1) is 14.9. The van der Waals surface area contributed by atoms with Gasteiger partial charge in [-0.25, -0.2) is 9.37 Å². The Morgan fingerprint density at radius 3 is 2.55 bits per heavy atom. The smallest absolute Gasteiger partial charge is 0.266 e. The number of nitrogens with two attached hydrogens (primary N) is 2. The molecule has 0 aliphatic heterocycles. The van der Waals surface area contributed by atoms with Crippen molar-refractivity contribution in [1.82, 2.24) is 19.5 Å². The number of nitriles is 1. The Kier molecular flexibility index (Phi) is 4.92. The van der Waals surface area contributed by atoms with Crippen molar-refractivity contribution in [2.75, 3.05) is 16.8 Å². The predicted octanol–water partition coefficient (Wildman–Crippen LogP) is 2.52. The molecule has 0 fully saturated rings. The van der Waals surface area contributed by atoms with Crippen molar-refractivity contribution in [3.8, 4) is 11.8 Å². The van der Waals surface area contributed by atoms with Crippen LogP contribution in [0.15, 0.2) is 53.3 Å². The van der Waals surface area contributed by atoms with Crippen LogP contribution in [0, 0.1) is 17.1 Å². The summed E-state index contributed by atoms with van der Waals surface area (Å²) >= 11 is 0. The van der Waals surface area contributed by atoms with Gasteiger partial charge < -0.3 is 16.8 Å². The molecule has 1 unspecified atom stereocenters. The van der Waals surface area contributed by atoms with Crippen LogP contribution in [0.5, 0.6) is 0 Å². The number of benzene rings is 2. The van der Waals surface area contributed by atoms with Crippen LogP contribution in [0.3, 0.4) is 0 Å². The Labute approximate surface area is 175 Å². The maximum absolute atomic E-state index is 14.5. The van der Waals surface area contributed by atoms with Gasteiger partial charge in [0.1, 0.15) is 34.6 Å². The van der Waals surface area contributed by atoms with E-state index >= 15 is 0 Å². The third kappa shape index (κ3) is 3.49. The zero-order chi connectivity index (χ0) is 22.1. The van der Waals surface area contributed by atoms with Crippen molar-refractivity contribution in [2.45, 2.75) is 13.0 Å². The average molecular weight is 416 g/mol. The molecule has 0 amide bonds. The van der Waals surface area contributed by atoms with E-state index in [0.29, 0.717) is 5.69 Å². The lowest BCUT2D eigenvalue weighted by atomic mass is 10.2. The van der Waals surface area contributed by atoms with E-state index in [1.807, 2.05) is 12.1 Å². The SMILES string of the molecule is CC(Nc1nc(N)nc(N)c1C#N)c1nc2c(F)cccc2c(=O)n1-c1ccccc1. The maximum Gasteiger partial charge on any atom is 0.266 e. The fraction of sp³-hybridized carbons (Fsp3) is 0.0952. The number of nitrogens with zero attached hydrogens (tertiary/aromatic N) is 5. The molecule has 1 atom stereocenters. The second-order valence-corrected chi connectivity index (χ2v) is 6.75. The predicted molar refractivity (Wildman–Crippen MR) is 115 cm³/mol. The van der Waals surface area contributed by atoms with Crippen molar-refractivity contribution < 1.29 is 4.39 Å². The first-order valence-corrected chi connectivity index (χ1v) is 9.27. The van der Waals surface area contributed by atoms with E-state index in [4.69, 9.17) is 11.5 Å². The minimum atomic E-state index is -0.683. The van der Waals surface area contributed by atoms with Crippen LogP contribution in [-0.4, -0.2) is 19.5 Å². The second kappa shape index (κ2) is 7.72. The van der Waals surface area contributed by atoms with Gasteiger partial charge in [-0.3, -0.25) is 9.36 Å². The van der Waals surface area contributed by atoms with Crippen molar-refractivity contribution in [1.29, 1.82) is 5.26 Å². The van der Waals surface area contributed by atoms with Crippen LogP contribution in [0.2, 0.25) is 0 Å². The second-order valence-electron chi connectivity index (χ2n) is 6.75. The maximum atomic E-state index is 14.5. The first kappa shape index (κ1) is 19.8. The summed E-state index contributed by atoms with van der Waals surface area (Å²) in [5.41, 5.74) is 11.5. The average Bonchev–Trinajstić information content (AvgIpc) is 2.74. The van der Waals surface area contributed by atoms with Gasteiger partial charge in [-0.2, -0.15) is 15.2 Å². The van der Waals surface area contributed by atoms with Crippen molar-refractivity contribution in [3.05, 3.63) is 76.1 Å². The van der Waals surface area contributed by atoms with Crippen LogP contribution >= 0.6 is 0 Å². The molecular weight excluding hydrogens is 399 g/mol. The van der Waals surface area contributed by atoms with Crippen molar-refractivity contribution in [2.24, 2.45) is 0 Å². The molecule has 2 heterocycles. The van der Waals surface area contributed by atoms with Crippen LogP contribution in [0.25, 0.3) is 16.6 Å². The third-order valence-electron chi connectivity index (χ3n) is 4.70. The Morgan fingerprint density at radius 1 is 1.10 bits per heavy atom. The summed E-state index contributed by atoms with van der Waals surface area (Å²) in [7, 11) is 0. The molecule has 5 N–H and O–H groups in total. The Morgan fingerprint density at radius 2 is 1.84 bits per heavy atom. The van der Waals surface area contributed by atoms with E-state index in [9.17, 15) is 14.4 Å². The van der Waals surface area contributed by atoms with E-state index in [1.165, 1.54) is 22.8 Å². The zero-order valence-corrected chi connectivity index (χ0v) is 16.4. The Bertz CT molecular complexity index is 1390. The number of nitrogens with one attached hydrogen (secondary N) is 1. The monoisotopic (exact) mass is 416 g/mol. The van der Waals surface area contributed by atoms with E-state index in [2.05, 4.69) is 20.3 Å². The van der Waals surface area contributed by atoms with Crippen LogP contribution < -0.4 is 22.3 Å². The fourth-order valence-electron chi connectivity index (χ4n) is 3.29. The standard InChI is InChI=1S/C21H17FN8O/c1-11(26-18-14(10-23)17(24)28-21(25)29-18)19-27-16-13(8-5-9-15(16)22)20(31)30(19)12-6-3-2-4-7-12/h2-9,11H,1H3,(H5,24,25,26,28,29). The van der Waals surface area contributed by atoms with Crippen molar-refractivity contribution >= 4 is 28.5 Å². The molecule has 0 saturated heterocycles. The van der Waals surface area contributed by atoms with E-state index in [1.54, 1.807) is 31.2 Å². The minimum absolute atomic E-state index is 0.00151. The number of aromatic nitrogens is 4. The van der Waals surface area contributed by atoms with Gasteiger partial charge in [-0.05, 0) is 31.2 Å². The number of halogens is 1. The fourth-order valence-corrected chi connectivity index (χ4v) is 3.29. The highest BCUT2D eigenvalue weighted by Crippen LogP contribution is 2.25. The molecule has 9 nitrogen and oxygen atoms in total. The first-order valence-electron chi connectivity index (χ1n) is 9.27. The lowest BCUT2D eigenvalue weighted by Crippen LogP contribution is -2.28. The highest BCUT2D eigenvalue weighted by molar-refractivity contribution is 5.78. The summed E-state index contributed by atoms with van der Waals surface area (Å²) < 4.78 is 15.9. The quantitative estimate of drug-likeness (QED) is 0.459. The number of para-hydroxylation sites is 2. The highest BCUT2D eigenvalue weighted by Gasteiger charge is 2.21. The lowest BCUT2D eigenvalue weighted by molar-refractivity contribution is 0.632. The van der Waals surface area contributed by atoms with E-state index in [0.717, 1.165) is 0 Å². The van der Waals surface area contributed by atoms with Crippen molar-refractivity contribution in [3.63, 3.8) is 0 Å². The van der Waals surface area contributed by atoms with Crippen LogP contribution in [-0.2, 0) is 0 Å². The third-order valence-corrected chi connectivity index (χ3v) is 4.70. The molecule has 0 bridgehead atoms. The molecule has 154 valence electrons. The van der Waals surface area contributed by atoms with Gasteiger partial charge in [-0.1, -0.05) is 24.3 Å². The molecule has 2 aromatic heterocycles. The molecule has 0 spiro atoms. The summed E-state index contributed by atoms with van der Waals surface area (Å²) in [6, 6.07) is 14.3. The summed E-state index contributed by atoms with van der Waals surface area (Å²) in [4.78, 5) is 25.6.